The summed E-state index contributed by atoms with van der Waals surface area (Å²) in [7, 11) is 0. The van der Waals surface area contributed by atoms with Crippen LogP contribution in [0.5, 0.6) is 0 Å². The van der Waals surface area contributed by atoms with E-state index < -0.39 is 0 Å². The molecule has 1 aliphatic heterocycles. The van der Waals surface area contributed by atoms with E-state index in [1.807, 2.05) is 6.92 Å². The van der Waals surface area contributed by atoms with Crippen molar-refractivity contribution >= 4 is 5.82 Å². The molecule has 1 unspecified atom stereocenters. The van der Waals surface area contributed by atoms with E-state index in [4.69, 9.17) is 4.74 Å². The third kappa shape index (κ3) is 3.06. The lowest BCUT2D eigenvalue weighted by atomic mass is 10.1. The highest BCUT2D eigenvalue weighted by molar-refractivity contribution is 5.32. The maximum atomic E-state index is 12.0. The van der Waals surface area contributed by atoms with E-state index in [0.717, 1.165) is 32.5 Å². The Hall–Kier alpha value is -1.36. The molecule has 0 saturated carbocycles. The van der Waals surface area contributed by atoms with Crippen molar-refractivity contribution in [2.24, 2.45) is 0 Å². The third-order valence-corrected chi connectivity index (χ3v) is 3.05. The van der Waals surface area contributed by atoms with Gasteiger partial charge in [0.05, 0.1) is 0 Å². The summed E-state index contributed by atoms with van der Waals surface area (Å²) >= 11 is 0. The molecule has 0 bridgehead atoms. The van der Waals surface area contributed by atoms with E-state index in [0.29, 0.717) is 18.4 Å². The van der Waals surface area contributed by atoms with Gasteiger partial charge >= 0.3 is 0 Å². The van der Waals surface area contributed by atoms with Gasteiger partial charge in [0.15, 0.2) is 5.82 Å². The second kappa shape index (κ2) is 5.82. The number of hydrogen-bond acceptors (Lipinski definition) is 4. The molecule has 1 atom stereocenters. The van der Waals surface area contributed by atoms with Crippen LogP contribution in [0.25, 0.3) is 0 Å². The Morgan fingerprint density at radius 1 is 1.53 bits per heavy atom. The average molecular weight is 237 g/mol. The number of aryl methyl sites for hydroxylation is 1. The zero-order valence-corrected chi connectivity index (χ0v) is 10.2. The molecule has 5 nitrogen and oxygen atoms in total. The van der Waals surface area contributed by atoms with Crippen LogP contribution in [0, 0.1) is 0 Å². The average Bonchev–Trinajstić information content (AvgIpc) is 2.60. The molecule has 1 aromatic heterocycles. The Balaban J connectivity index is 2.09. The number of anilines is 1. The van der Waals surface area contributed by atoms with Gasteiger partial charge in [-0.1, -0.05) is 0 Å². The Morgan fingerprint density at radius 3 is 3.24 bits per heavy atom. The van der Waals surface area contributed by atoms with E-state index in [1.165, 1.54) is 0 Å². The van der Waals surface area contributed by atoms with Gasteiger partial charge in [-0.05, 0) is 26.2 Å². The molecular weight excluding hydrogens is 218 g/mol. The molecule has 0 amide bonds. The molecule has 0 aliphatic carbocycles. The van der Waals surface area contributed by atoms with Crippen LogP contribution in [0.15, 0.2) is 17.2 Å². The Kier molecular flexibility index (Phi) is 4.14. The predicted octanol–water partition coefficient (Wildman–Crippen LogP) is 1.24. The van der Waals surface area contributed by atoms with E-state index in [1.54, 1.807) is 17.0 Å². The number of hydrogen-bond donors (Lipinski definition) is 1. The number of ether oxygens (including phenoxy) is 1. The highest BCUT2D eigenvalue weighted by Gasteiger charge is 2.14. The van der Waals surface area contributed by atoms with Gasteiger partial charge in [-0.15, -0.1) is 0 Å². The first-order valence-electron chi connectivity index (χ1n) is 6.21. The summed E-state index contributed by atoms with van der Waals surface area (Å²) in [5.74, 6) is 0.459. The van der Waals surface area contributed by atoms with Gasteiger partial charge in [0, 0.05) is 38.2 Å². The lowest BCUT2D eigenvalue weighted by molar-refractivity contribution is 0.144. The van der Waals surface area contributed by atoms with E-state index in [9.17, 15) is 4.79 Å². The predicted molar refractivity (Wildman–Crippen MR) is 66.3 cm³/mol. The van der Waals surface area contributed by atoms with Crippen molar-refractivity contribution in [3.8, 4) is 0 Å². The van der Waals surface area contributed by atoms with Crippen molar-refractivity contribution in [1.29, 1.82) is 0 Å². The molecule has 1 saturated heterocycles. The van der Waals surface area contributed by atoms with Gasteiger partial charge in [0.1, 0.15) is 0 Å². The van der Waals surface area contributed by atoms with Crippen molar-refractivity contribution in [3.05, 3.63) is 22.7 Å². The minimum absolute atomic E-state index is 0.0415. The number of nitrogens with zero attached hydrogens (tertiary/aromatic N) is 2. The summed E-state index contributed by atoms with van der Waals surface area (Å²) < 4.78 is 7.05. The zero-order valence-electron chi connectivity index (χ0n) is 10.2. The van der Waals surface area contributed by atoms with Crippen molar-refractivity contribution in [2.75, 3.05) is 18.5 Å². The van der Waals surface area contributed by atoms with Crippen LogP contribution >= 0.6 is 0 Å². The first kappa shape index (κ1) is 12.1. The fraction of sp³-hybridized carbons (Fsp3) is 0.667. The van der Waals surface area contributed by atoms with Gasteiger partial charge in [-0.2, -0.15) is 0 Å². The SMILES string of the molecule is CCn1ccnc(NC2CCCOCC2)c1=O. The van der Waals surface area contributed by atoms with Gasteiger partial charge in [-0.25, -0.2) is 4.98 Å². The first-order chi connectivity index (χ1) is 8.31. The summed E-state index contributed by atoms with van der Waals surface area (Å²) in [5.41, 5.74) is -0.0415. The highest BCUT2D eigenvalue weighted by atomic mass is 16.5. The zero-order chi connectivity index (χ0) is 12.1. The van der Waals surface area contributed by atoms with Crippen molar-refractivity contribution in [1.82, 2.24) is 9.55 Å². The highest BCUT2D eigenvalue weighted by Crippen LogP contribution is 2.11. The molecular formula is C12H19N3O2. The maximum Gasteiger partial charge on any atom is 0.293 e. The summed E-state index contributed by atoms with van der Waals surface area (Å²) in [6.07, 6.45) is 6.38. The van der Waals surface area contributed by atoms with Crippen LogP contribution in [-0.4, -0.2) is 28.8 Å². The van der Waals surface area contributed by atoms with Gasteiger partial charge in [-0.3, -0.25) is 4.79 Å². The fourth-order valence-corrected chi connectivity index (χ4v) is 2.04. The standard InChI is InChI=1S/C12H19N3O2/c1-2-15-7-6-13-11(12(15)16)14-10-4-3-8-17-9-5-10/h6-7,10H,2-5,8-9H2,1H3,(H,13,14). The van der Waals surface area contributed by atoms with Crippen molar-refractivity contribution in [2.45, 2.75) is 38.8 Å². The molecule has 1 fully saturated rings. The smallest absolute Gasteiger partial charge is 0.293 e. The van der Waals surface area contributed by atoms with Crippen molar-refractivity contribution < 1.29 is 4.74 Å². The molecule has 0 spiro atoms. The monoisotopic (exact) mass is 237 g/mol. The maximum absolute atomic E-state index is 12.0. The van der Waals surface area contributed by atoms with E-state index >= 15 is 0 Å². The molecule has 1 aromatic rings. The minimum atomic E-state index is -0.0415. The van der Waals surface area contributed by atoms with Gasteiger partial charge < -0.3 is 14.6 Å². The number of nitrogens with one attached hydrogen (secondary N) is 1. The van der Waals surface area contributed by atoms with Crippen molar-refractivity contribution in [3.63, 3.8) is 0 Å². The van der Waals surface area contributed by atoms with Crippen LogP contribution in [0.2, 0.25) is 0 Å². The van der Waals surface area contributed by atoms with Crippen LogP contribution in [-0.2, 0) is 11.3 Å². The second-order valence-electron chi connectivity index (χ2n) is 4.25. The topological polar surface area (TPSA) is 56.1 Å². The summed E-state index contributed by atoms with van der Waals surface area (Å²) in [6.45, 7) is 4.19. The quantitative estimate of drug-likeness (QED) is 0.859. The summed E-state index contributed by atoms with van der Waals surface area (Å²) in [5, 5.41) is 3.24. The van der Waals surface area contributed by atoms with Crippen LogP contribution in [0.4, 0.5) is 5.82 Å². The first-order valence-corrected chi connectivity index (χ1v) is 6.21. The molecule has 0 radical (unpaired) electrons. The molecule has 2 heterocycles. The Morgan fingerprint density at radius 2 is 2.41 bits per heavy atom. The van der Waals surface area contributed by atoms with Crippen LogP contribution in [0.1, 0.15) is 26.2 Å². The molecule has 5 heteroatoms. The largest absolute Gasteiger partial charge is 0.381 e. The fourth-order valence-electron chi connectivity index (χ4n) is 2.04. The summed E-state index contributed by atoms with van der Waals surface area (Å²) in [6, 6.07) is 0.297. The van der Waals surface area contributed by atoms with Crippen LogP contribution in [0.3, 0.4) is 0 Å². The van der Waals surface area contributed by atoms with E-state index in [-0.39, 0.29) is 5.56 Å². The molecule has 94 valence electrons. The molecule has 0 aromatic carbocycles. The molecule has 2 rings (SSSR count). The molecule has 17 heavy (non-hydrogen) atoms. The summed E-state index contributed by atoms with van der Waals surface area (Å²) in [4.78, 5) is 16.1. The third-order valence-electron chi connectivity index (χ3n) is 3.05. The number of rotatable bonds is 3. The normalized spacial score (nSPS) is 20.9. The lowest BCUT2D eigenvalue weighted by Crippen LogP contribution is -2.29. The number of aromatic nitrogens is 2. The lowest BCUT2D eigenvalue weighted by Gasteiger charge is -2.16. The van der Waals surface area contributed by atoms with E-state index in [2.05, 4.69) is 10.3 Å². The Bertz CT molecular complexity index is 408. The van der Waals surface area contributed by atoms with Crippen LogP contribution < -0.4 is 10.9 Å². The minimum Gasteiger partial charge on any atom is -0.381 e. The molecule has 1 aliphatic rings. The molecule has 1 N–H and O–H groups in total. The Labute approximate surface area is 101 Å². The second-order valence-corrected chi connectivity index (χ2v) is 4.25. The van der Waals surface area contributed by atoms with Gasteiger partial charge in [0.25, 0.3) is 5.56 Å². The van der Waals surface area contributed by atoms with Gasteiger partial charge in [0.2, 0.25) is 0 Å².